The lowest BCUT2D eigenvalue weighted by atomic mass is 10.1. The van der Waals surface area contributed by atoms with Crippen LogP contribution in [0.4, 0.5) is 5.69 Å². The van der Waals surface area contributed by atoms with Crippen molar-refractivity contribution in [1.29, 1.82) is 0 Å². The molecule has 1 aromatic carbocycles. The Morgan fingerprint density at radius 1 is 1.12 bits per heavy atom. The Balaban J connectivity index is 1.30. The van der Waals surface area contributed by atoms with Crippen molar-refractivity contribution in [3.63, 3.8) is 0 Å². The average molecular weight is 432 g/mol. The van der Waals surface area contributed by atoms with Crippen LogP contribution in [0.15, 0.2) is 53.8 Å². The standard InChI is InChI=1S/C23H24N6O3/c1-32-12-11-29-15-26-20-13-16(4-5-18(20)22(29)30)27-7-9-28(10-8-27)23(31)19-14-25-21-17(19)3-2-6-24-21/h2-6,13-15H,7-12H2,1H3,(H,24,25). The predicted molar refractivity (Wildman–Crippen MR) is 122 cm³/mol. The lowest BCUT2D eigenvalue weighted by Gasteiger charge is -2.36. The number of pyridine rings is 1. The van der Waals surface area contributed by atoms with Gasteiger partial charge in [-0.3, -0.25) is 14.2 Å². The zero-order chi connectivity index (χ0) is 22.1. The molecule has 0 unspecified atom stereocenters. The van der Waals surface area contributed by atoms with Crippen LogP contribution in [0, 0.1) is 0 Å². The molecule has 0 saturated carbocycles. The number of anilines is 1. The van der Waals surface area contributed by atoms with Crippen molar-refractivity contribution in [2.45, 2.75) is 6.54 Å². The van der Waals surface area contributed by atoms with Crippen LogP contribution in [0.3, 0.4) is 0 Å². The second-order valence-electron chi connectivity index (χ2n) is 7.82. The fourth-order valence-electron chi connectivity index (χ4n) is 4.16. The van der Waals surface area contributed by atoms with E-state index >= 15 is 0 Å². The van der Waals surface area contributed by atoms with Gasteiger partial charge < -0.3 is 19.5 Å². The molecular weight excluding hydrogens is 408 g/mol. The largest absolute Gasteiger partial charge is 0.383 e. The monoisotopic (exact) mass is 432 g/mol. The van der Waals surface area contributed by atoms with Gasteiger partial charge in [0.05, 0.1) is 35.9 Å². The molecule has 0 aliphatic carbocycles. The minimum Gasteiger partial charge on any atom is -0.383 e. The molecule has 0 spiro atoms. The third-order valence-electron chi connectivity index (χ3n) is 5.96. The summed E-state index contributed by atoms with van der Waals surface area (Å²) in [6.45, 7) is 3.60. The number of nitrogens with zero attached hydrogens (tertiary/aromatic N) is 5. The molecular formula is C23H24N6O3. The van der Waals surface area contributed by atoms with Gasteiger partial charge in [-0.25, -0.2) is 9.97 Å². The number of H-pyrrole nitrogens is 1. The van der Waals surface area contributed by atoms with E-state index in [2.05, 4.69) is 19.9 Å². The number of amides is 1. The Bertz CT molecular complexity index is 1340. The van der Waals surface area contributed by atoms with Crippen LogP contribution in [0.1, 0.15) is 10.4 Å². The maximum Gasteiger partial charge on any atom is 0.261 e. The van der Waals surface area contributed by atoms with E-state index in [4.69, 9.17) is 4.74 Å². The molecule has 5 rings (SSSR count). The number of nitrogens with one attached hydrogen (secondary N) is 1. The highest BCUT2D eigenvalue weighted by Gasteiger charge is 2.24. The fraction of sp³-hybridized carbons (Fsp3) is 0.304. The van der Waals surface area contributed by atoms with E-state index in [9.17, 15) is 9.59 Å². The van der Waals surface area contributed by atoms with Gasteiger partial charge in [0.15, 0.2) is 0 Å². The summed E-state index contributed by atoms with van der Waals surface area (Å²) >= 11 is 0. The maximum absolute atomic E-state index is 13.0. The summed E-state index contributed by atoms with van der Waals surface area (Å²) in [6, 6.07) is 9.48. The van der Waals surface area contributed by atoms with Gasteiger partial charge >= 0.3 is 0 Å². The van der Waals surface area contributed by atoms with E-state index in [1.807, 2.05) is 35.2 Å². The van der Waals surface area contributed by atoms with Crippen LogP contribution < -0.4 is 10.5 Å². The predicted octanol–water partition coefficient (Wildman–Crippen LogP) is 1.88. The minimum absolute atomic E-state index is 0.0145. The number of aromatic amines is 1. The molecule has 3 aromatic heterocycles. The smallest absolute Gasteiger partial charge is 0.261 e. The SMILES string of the molecule is COCCn1cnc2cc(N3CCN(C(=O)c4c[nH]c5ncccc45)CC3)ccc2c1=O. The first-order valence-electron chi connectivity index (χ1n) is 10.6. The van der Waals surface area contributed by atoms with Gasteiger partial charge in [0.2, 0.25) is 0 Å². The number of aromatic nitrogens is 4. The van der Waals surface area contributed by atoms with Gasteiger partial charge in [0.1, 0.15) is 5.65 Å². The van der Waals surface area contributed by atoms with Crippen LogP contribution in [-0.4, -0.2) is 70.2 Å². The van der Waals surface area contributed by atoms with Crippen molar-refractivity contribution >= 4 is 33.5 Å². The zero-order valence-electron chi connectivity index (χ0n) is 17.8. The van der Waals surface area contributed by atoms with Crippen molar-refractivity contribution in [1.82, 2.24) is 24.4 Å². The highest BCUT2D eigenvalue weighted by atomic mass is 16.5. The number of carbonyl (C=O) groups excluding carboxylic acids is 1. The Hall–Kier alpha value is -3.72. The molecule has 4 heterocycles. The number of carbonyl (C=O) groups is 1. The minimum atomic E-state index is -0.0674. The van der Waals surface area contributed by atoms with Crippen LogP contribution in [-0.2, 0) is 11.3 Å². The number of benzene rings is 1. The second kappa shape index (κ2) is 8.43. The van der Waals surface area contributed by atoms with Crippen LogP contribution in [0.5, 0.6) is 0 Å². The molecule has 9 heteroatoms. The number of methoxy groups -OCH3 is 1. The van der Waals surface area contributed by atoms with E-state index < -0.39 is 0 Å². The van der Waals surface area contributed by atoms with Gasteiger partial charge in [0.25, 0.3) is 11.5 Å². The lowest BCUT2D eigenvalue weighted by molar-refractivity contribution is 0.0749. The highest BCUT2D eigenvalue weighted by molar-refractivity contribution is 6.06. The Kier molecular flexibility index (Phi) is 5.32. The topological polar surface area (TPSA) is 96.3 Å². The quantitative estimate of drug-likeness (QED) is 0.517. The summed E-state index contributed by atoms with van der Waals surface area (Å²) < 4.78 is 6.62. The number of ether oxygens (including phenoxy) is 1. The molecule has 9 nitrogen and oxygen atoms in total. The highest BCUT2D eigenvalue weighted by Crippen LogP contribution is 2.22. The Labute approximate surface area is 184 Å². The molecule has 4 aromatic rings. The van der Waals surface area contributed by atoms with Gasteiger partial charge in [-0.05, 0) is 30.3 Å². The van der Waals surface area contributed by atoms with Crippen LogP contribution >= 0.6 is 0 Å². The van der Waals surface area contributed by atoms with E-state index in [0.717, 1.165) is 16.7 Å². The number of fused-ring (bicyclic) bond motifs is 2. The third kappa shape index (κ3) is 3.60. The van der Waals surface area contributed by atoms with E-state index in [1.165, 1.54) is 0 Å². The molecule has 32 heavy (non-hydrogen) atoms. The van der Waals surface area contributed by atoms with Crippen LogP contribution in [0.25, 0.3) is 21.9 Å². The molecule has 0 atom stereocenters. The summed E-state index contributed by atoms with van der Waals surface area (Å²) in [6.07, 6.45) is 5.01. The van der Waals surface area contributed by atoms with Gasteiger partial charge in [-0.2, -0.15) is 0 Å². The first-order chi connectivity index (χ1) is 15.7. The van der Waals surface area contributed by atoms with Crippen molar-refractivity contribution in [3.05, 3.63) is 65.0 Å². The van der Waals surface area contributed by atoms with Crippen molar-refractivity contribution < 1.29 is 9.53 Å². The second-order valence-corrected chi connectivity index (χ2v) is 7.82. The summed E-state index contributed by atoms with van der Waals surface area (Å²) in [5.41, 5.74) is 2.98. The lowest BCUT2D eigenvalue weighted by Crippen LogP contribution is -2.48. The van der Waals surface area contributed by atoms with Crippen molar-refractivity contribution in [3.8, 4) is 0 Å². The number of piperazine rings is 1. The maximum atomic E-state index is 13.0. The first kappa shape index (κ1) is 20.2. The van der Waals surface area contributed by atoms with Gasteiger partial charge in [-0.15, -0.1) is 0 Å². The first-order valence-corrected chi connectivity index (χ1v) is 10.6. The molecule has 1 amide bonds. The molecule has 1 aliphatic rings. The number of hydrogen-bond acceptors (Lipinski definition) is 6. The van der Waals surface area contributed by atoms with E-state index in [0.29, 0.717) is 55.8 Å². The molecule has 1 aliphatic heterocycles. The molecule has 1 fully saturated rings. The summed E-state index contributed by atoms with van der Waals surface area (Å²) in [5, 5.41) is 1.44. The Morgan fingerprint density at radius 2 is 1.97 bits per heavy atom. The molecule has 1 saturated heterocycles. The number of rotatable bonds is 5. The van der Waals surface area contributed by atoms with E-state index in [-0.39, 0.29) is 11.5 Å². The summed E-state index contributed by atoms with van der Waals surface area (Å²) in [7, 11) is 1.61. The molecule has 1 N–H and O–H groups in total. The van der Waals surface area contributed by atoms with Gasteiger partial charge in [0, 0.05) is 56.8 Å². The van der Waals surface area contributed by atoms with Crippen molar-refractivity contribution in [2.24, 2.45) is 0 Å². The third-order valence-corrected chi connectivity index (χ3v) is 5.96. The van der Waals surface area contributed by atoms with Crippen LogP contribution in [0.2, 0.25) is 0 Å². The van der Waals surface area contributed by atoms with E-state index in [1.54, 1.807) is 30.4 Å². The average Bonchev–Trinajstić information content (AvgIpc) is 3.27. The molecule has 0 bridgehead atoms. The fourth-order valence-corrected chi connectivity index (χ4v) is 4.16. The summed E-state index contributed by atoms with van der Waals surface area (Å²) in [5.74, 6) is 0.0145. The normalized spacial score (nSPS) is 14.4. The molecule has 164 valence electrons. The molecule has 0 radical (unpaired) electrons. The van der Waals surface area contributed by atoms with Crippen molar-refractivity contribution in [2.75, 3.05) is 44.8 Å². The zero-order valence-corrected chi connectivity index (χ0v) is 17.8. The summed E-state index contributed by atoms with van der Waals surface area (Å²) in [4.78, 5) is 41.6. The Morgan fingerprint density at radius 3 is 2.78 bits per heavy atom. The number of hydrogen-bond donors (Lipinski definition) is 1. The van der Waals surface area contributed by atoms with Gasteiger partial charge in [-0.1, -0.05) is 0 Å².